The van der Waals surface area contributed by atoms with E-state index in [0.717, 1.165) is 50.6 Å². The lowest BCUT2D eigenvalue weighted by Gasteiger charge is -2.33. The molecule has 0 spiro atoms. The molecule has 1 N–H and O–H groups in total. The number of amides is 1. The molecule has 2 aromatic rings. The van der Waals surface area contributed by atoms with Gasteiger partial charge in [-0.15, -0.1) is 0 Å². The molecule has 32 heavy (non-hydrogen) atoms. The Hall–Kier alpha value is -2.52. The molecule has 0 aromatic carbocycles. The Kier molecular flexibility index (Phi) is 7.36. The molecule has 2 aromatic heterocycles. The molecular weight excluding hydrogens is 406 g/mol. The molecule has 4 heterocycles. The van der Waals surface area contributed by atoms with Gasteiger partial charge < -0.3 is 14.7 Å². The summed E-state index contributed by atoms with van der Waals surface area (Å²) < 4.78 is 5.50. The third-order valence-corrected chi connectivity index (χ3v) is 6.10. The van der Waals surface area contributed by atoms with E-state index in [2.05, 4.69) is 48.1 Å². The maximum Gasteiger partial charge on any atom is 0.241 e. The summed E-state index contributed by atoms with van der Waals surface area (Å²) >= 11 is 0. The van der Waals surface area contributed by atoms with Crippen LogP contribution in [0.5, 0.6) is 0 Å². The highest BCUT2D eigenvalue weighted by atomic mass is 16.5. The number of rotatable bonds is 7. The smallest absolute Gasteiger partial charge is 0.241 e. The maximum absolute atomic E-state index is 11.9. The Morgan fingerprint density at radius 2 is 1.97 bits per heavy atom. The first-order chi connectivity index (χ1) is 15.5. The van der Waals surface area contributed by atoms with Gasteiger partial charge in [-0.05, 0) is 44.7 Å². The molecule has 2 saturated heterocycles. The molecule has 1 unspecified atom stereocenters. The van der Waals surface area contributed by atoms with Crippen molar-refractivity contribution in [3.05, 3.63) is 24.2 Å². The number of pyridine rings is 1. The Morgan fingerprint density at radius 3 is 2.66 bits per heavy atom. The van der Waals surface area contributed by atoms with Crippen LogP contribution in [0.1, 0.15) is 39.5 Å². The number of carbonyl (C=O) groups excluding carboxylic acids is 1. The summed E-state index contributed by atoms with van der Waals surface area (Å²) in [4.78, 5) is 28.0. The normalized spacial score (nSPS) is 20.6. The number of aromatic nitrogens is 3. The van der Waals surface area contributed by atoms with E-state index >= 15 is 0 Å². The van der Waals surface area contributed by atoms with E-state index in [1.54, 1.807) is 0 Å². The second-order valence-corrected chi connectivity index (χ2v) is 9.38. The minimum Gasteiger partial charge on any atom is -0.356 e. The average Bonchev–Trinajstić information content (AvgIpc) is 3.23. The standard InChI is InChI=1S/C23H35N7O2/c1-17(2)25-21(31)15-28-9-11-29(12-10-28)16-22-26-23(27-32-22)19-6-7-20(24-13-19)30-8-4-5-18(3)14-30/h6-7,13,17-18H,4-5,8-12,14-16H2,1-3H3,(H,25,31). The van der Waals surface area contributed by atoms with Gasteiger partial charge in [0.2, 0.25) is 17.6 Å². The number of nitrogens with zero attached hydrogens (tertiary/aromatic N) is 6. The van der Waals surface area contributed by atoms with Crippen LogP contribution in [0, 0.1) is 5.92 Å². The largest absolute Gasteiger partial charge is 0.356 e. The third-order valence-electron chi connectivity index (χ3n) is 6.10. The molecular formula is C23H35N7O2. The summed E-state index contributed by atoms with van der Waals surface area (Å²) in [6, 6.07) is 4.25. The van der Waals surface area contributed by atoms with Crippen LogP contribution in [-0.4, -0.2) is 82.7 Å². The van der Waals surface area contributed by atoms with Gasteiger partial charge in [-0.25, -0.2) is 4.98 Å². The number of anilines is 1. The highest BCUT2D eigenvalue weighted by Crippen LogP contribution is 2.23. The van der Waals surface area contributed by atoms with Gasteiger partial charge in [0.15, 0.2) is 0 Å². The van der Waals surface area contributed by atoms with Crippen molar-refractivity contribution in [2.24, 2.45) is 5.92 Å². The van der Waals surface area contributed by atoms with E-state index < -0.39 is 0 Å². The Bertz CT molecular complexity index is 875. The van der Waals surface area contributed by atoms with Crippen molar-refractivity contribution in [2.45, 2.75) is 46.2 Å². The first-order valence-electron chi connectivity index (χ1n) is 11.7. The van der Waals surface area contributed by atoms with Crippen molar-refractivity contribution in [2.75, 3.05) is 50.7 Å². The first kappa shape index (κ1) is 22.7. The minimum atomic E-state index is 0.0874. The van der Waals surface area contributed by atoms with Gasteiger partial charge in [-0.1, -0.05) is 12.1 Å². The fourth-order valence-corrected chi connectivity index (χ4v) is 4.41. The second-order valence-electron chi connectivity index (χ2n) is 9.38. The molecule has 9 heteroatoms. The molecule has 0 bridgehead atoms. The number of piperidine rings is 1. The summed E-state index contributed by atoms with van der Waals surface area (Å²) in [6.45, 7) is 12.9. The lowest BCUT2D eigenvalue weighted by atomic mass is 10.0. The van der Waals surface area contributed by atoms with Gasteiger partial charge in [0.05, 0.1) is 13.1 Å². The molecule has 0 aliphatic carbocycles. The van der Waals surface area contributed by atoms with Crippen molar-refractivity contribution in [3.8, 4) is 11.4 Å². The molecule has 2 aliphatic rings. The van der Waals surface area contributed by atoms with Crippen LogP contribution in [0.2, 0.25) is 0 Å². The van der Waals surface area contributed by atoms with Crippen LogP contribution in [0.25, 0.3) is 11.4 Å². The zero-order chi connectivity index (χ0) is 22.5. The fraction of sp³-hybridized carbons (Fsp3) is 0.652. The topological polar surface area (TPSA) is 90.6 Å². The number of carbonyl (C=O) groups is 1. The van der Waals surface area contributed by atoms with E-state index in [-0.39, 0.29) is 11.9 Å². The third kappa shape index (κ3) is 6.04. The van der Waals surface area contributed by atoms with Gasteiger partial charge in [-0.2, -0.15) is 4.98 Å². The van der Waals surface area contributed by atoms with E-state index in [0.29, 0.717) is 30.7 Å². The Labute approximate surface area is 190 Å². The van der Waals surface area contributed by atoms with E-state index in [9.17, 15) is 4.79 Å². The fourth-order valence-electron chi connectivity index (χ4n) is 4.41. The molecule has 174 valence electrons. The van der Waals surface area contributed by atoms with Gasteiger partial charge in [-0.3, -0.25) is 14.6 Å². The van der Waals surface area contributed by atoms with Crippen molar-refractivity contribution < 1.29 is 9.32 Å². The van der Waals surface area contributed by atoms with Crippen molar-refractivity contribution in [1.82, 2.24) is 30.2 Å². The number of hydrogen-bond acceptors (Lipinski definition) is 8. The SMILES string of the molecule is CC1CCCN(c2ccc(-c3noc(CN4CCN(CC(=O)NC(C)C)CC4)n3)cn2)C1. The van der Waals surface area contributed by atoms with Crippen molar-refractivity contribution in [1.29, 1.82) is 0 Å². The summed E-state index contributed by atoms with van der Waals surface area (Å²) in [7, 11) is 0. The number of nitrogens with one attached hydrogen (secondary N) is 1. The second kappa shape index (κ2) is 10.4. The summed E-state index contributed by atoms with van der Waals surface area (Å²) in [5.74, 6) is 3.01. The van der Waals surface area contributed by atoms with Gasteiger partial charge in [0, 0.05) is 57.1 Å². The average molecular weight is 442 g/mol. The molecule has 0 saturated carbocycles. The zero-order valence-corrected chi connectivity index (χ0v) is 19.5. The first-order valence-corrected chi connectivity index (χ1v) is 11.7. The highest BCUT2D eigenvalue weighted by molar-refractivity contribution is 5.78. The number of piperazine rings is 1. The molecule has 4 rings (SSSR count). The van der Waals surface area contributed by atoms with Crippen LogP contribution in [-0.2, 0) is 11.3 Å². The van der Waals surface area contributed by atoms with Gasteiger partial charge >= 0.3 is 0 Å². The van der Waals surface area contributed by atoms with Crippen LogP contribution in [0.3, 0.4) is 0 Å². The van der Waals surface area contributed by atoms with Crippen molar-refractivity contribution >= 4 is 11.7 Å². The molecule has 9 nitrogen and oxygen atoms in total. The monoisotopic (exact) mass is 441 g/mol. The Balaban J connectivity index is 1.27. The van der Waals surface area contributed by atoms with Crippen LogP contribution < -0.4 is 10.2 Å². The quantitative estimate of drug-likeness (QED) is 0.698. The van der Waals surface area contributed by atoms with E-state index in [4.69, 9.17) is 4.52 Å². The highest BCUT2D eigenvalue weighted by Gasteiger charge is 2.22. The molecule has 1 atom stereocenters. The molecule has 1 amide bonds. The lowest BCUT2D eigenvalue weighted by molar-refractivity contribution is -0.123. The van der Waals surface area contributed by atoms with Crippen molar-refractivity contribution in [3.63, 3.8) is 0 Å². The number of hydrogen-bond donors (Lipinski definition) is 1. The summed E-state index contributed by atoms with van der Waals surface area (Å²) in [5.41, 5.74) is 0.870. The Morgan fingerprint density at radius 1 is 1.19 bits per heavy atom. The summed E-state index contributed by atoms with van der Waals surface area (Å²) in [6.07, 6.45) is 4.35. The van der Waals surface area contributed by atoms with E-state index in [1.807, 2.05) is 26.1 Å². The molecule has 2 fully saturated rings. The molecule has 2 aliphatic heterocycles. The van der Waals surface area contributed by atoms with Crippen LogP contribution >= 0.6 is 0 Å². The predicted molar refractivity (Wildman–Crippen MR) is 123 cm³/mol. The molecule has 0 radical (unpaired) electrons. The van der Waals surface area contributed by atoms with Gasteiger partial charge in [0.1, 0.15) is 5.82 Å². The summed E-state index contributed by atoms with van der Waals surface area (Å²) in [5, 5.41) is 7.11. The maximum atomic E-state index is 11.9. The van der Waals surface area contributed by atoms with Crippen LogP contribution in [0.15, 0.2) is 22.9 Å². The lowest BCUT2D eigenvalue weighted by Crippen LogP contribution is -2.49. The predicted octanol–water partition coefficient (Wildman–Crippen LogP) is 2.01. The van der Waals surface area contributed by atoms with Crippen LogP contribution in [0.4, 0.5) is 5.82 Å². The van der Waals surface area contributed by atoms with E-state index in [1.165, 1.54) is 12.8 Å². The minimum absolute atomic E-state index is 0.0874. The van der Waals surface area contributed by atoms with Gasteiger partial charge in [0.25, 0.3) is 0 Å². The zero-order valence-electron chi connectivity index (χ0n) is 19.5.